The molecule has 0 unspecified atom stereocenters. The quantitative estimate of drug-likeness (QED) is 0.858. The van der Waals surface area contributed by atoms with Crippen molar-refractivity contribution < 1.29 is 4.79 Å². The van der Waals surface area contributed by atoms with Gasteiger partial charge in [0.05, 0.1) is 17.9 Å². The van der Waals surface area contributed by atoms with Gasteiger partial charge in [-0.1, -0.05) is 12.1 Å². The highest BCUT2D eigenvalue weighted by Gasteiger charge is 2.26. The molecule has 1 fully saturated rings. The molecule has 0 saturated heterocycles. The molecule has 1 heterocycles. The molecule has 1 saturated carbocycles. The van der Waals surface area contributed by atoms with E-state index in [4.69, 9.17) is 0 Å². The lowest BCUT2D eigenvalue weighted by molar-refractivity contribution is 0.251. The summed E-state index contributed by atoms with van der Waals surface area (Å²) in [5.74, 6) is 0.793. The van der Waals surface area contributed by atoms with Crippen molar-refractivity contribution in [3.63, 3.8) is 0 Å². The number of carbonyl (C=O) groups excluding carboxylic acids is 1. The number of nitrogens with one attached hydrogen (secondary N) is 2. The normalized spacial score (nSPS) is 13.7. The molecule has 1 aliphatic rings. The monoisotopic (exact) mass is 314 g/mol. The molecule has 0 radical (unpaired) electrons. The molecule has 3 rings (SSSR count). The summed E-state index contributed by atoms with van der Waals surface area (Å²) < 4.78 is 2.04. The van der Waals surface area contributed by atoms with Crippen LogP contribution in [0.1, 0.15) is 31.6 Å². The van der Waals surface area contributed by atoms with Crippen LogP contribution >= 0.6 is 0 Å². The van der Waals surface area contributed by atoms with Crippen molar-refractivity contribution in [3.05, 3.63) is 36.4 Å². The van der Waals surface area contributed by atoms with Gasteiger partial charge >= 0.3 is 6.03 Å². The first kappa shape index (κ1) is 15.3. The molecular weight excluding hydrogens is 292 g/mol. The predicted molar refractivity (Wildman–Crippen MR) is 89.5 cm³/mol. The number of para-hydroxylation sites is 2. The SMILES string of the molecule is CCN(C)c1ccccc1NC(=O)NCc1nncn1C1CC1. The number of amides is 2. The van der Waals surface area contributed by atoms with E-state index in [2.05, 4.69) is 32.7 Å². The molecule has 0 bridgehead atoms. The summed E-state index contributed by atoms with van der Waals surface area (Å²) in [6, 6.07) is 8.02. The fraction of sp³-hybridized carbons (Fsp3) is 0.438. The molecule has 2 aromatic rings. The van der Waals surface area contributed by atoms with Crippen LogP contribution < -0.4 is 15.5 Å². The van der Waals surface area contributed by atoms with E-state index in [1.807, 2.05) is 35.9 Å². The topological polar surface area (TPSA) is 75.1 Å². The van der Waals surface area contributed by atoms with Gasteiger partial charge in [0.2, 0.25) is 0 Å². The Morgan fingerprint density at radius 2 is 2.17 bits per heavy atom. The lowest BCUT2D eigenvalue weighted by Crippen LogP contribution is -2.30. The number of rotatable bonds is 6. The predicted octanol–water partition coefficient (Wildman–Crippen LogP) is 2.39. The van der Waals surface area contributed by atoms with Crippen LogP contribution in [0.15, 0.2) is 30.6 Å². The highest BCUT2D eigenvalue weighted by molar-refractivity contribution is 5.93. The van der Waals surface area contributed by atoms with Gasteiger partial charge in [0.25, 0.3) is 0 Å². The summed E-state index contributed by atoms with van der Waals surface area (Å²) in [6.07, 6.45) is 4.06. The minimum atomic E-state index is -0.243. The third-order valence-electron chi connectivity index (χ3n) is 4.03. The Morgan fingerprint density at radius 1 is 1.39 bits per heavy atom. The van der Waals surface area contributed by atoms with Gasteiger partial charge in [-0.2, -0.15) is 0 Å². The summed E-state index contributed by atoms with van der Waals surface area (Å²) in [5, 5.41) is 13.8. The number of urea groups is 1. The Balaban J connectivity index is 1.60. The minimum Gasteiger partial charge on any atom is -0.373 e. The first-order valence-corrected chi connectivity index (χ1v) is 7.92. The smallest absolute Gasteiger partial charge is 0.319 e. The standard InChI is InChI=1S/C16H22N6O/c1-3-21(2)14-7-5-4-6-13(14)19-16(23)17-10-15-20-18-11-22(15)12-8-9-12/h4-7,11-12H,3,8-10H2,1-2H3,(H2,17,19,23). The Morgan fingerprint density at radius 3 is 2.91 bits per heavy atom. The number of hydrogen-bond donors (Lipinski definition) is 2. The maximum Gasteiger partial charge on any atom is 0.319 e. The van der Waals surface area contributed by atoms with E-state index < -0.39 is 0 Å². The van der Waals surface area contributed by atoms with E-state index in [9.17, 15) is 4.79 Å². The van der Waals surface area contributed by atoms with Crippen LogP contribution in [0.2, 0.25) is 0 Å². The molecule has 0 atom stereocenters. The van der Waals surface area contributed by atoms with E-state index in [1.165, 1.54) is 0 Å². The molecule has 2 N–H and O–H groups in total. The summed E-state index contributed by atoms with van der Waals surface area (Å²) >= 11 is 0. The second-order valence-corrected chi connectivity index (χ2v) is 5.72. The van der Waals surface area contributed by atoms with E-state index in [-0.39, 0.29) is 6.03 Å². The third kappa shape index (κ3) is 3.61. The summed E-state index contributed by atoms with van der Waals surface area (Å²) in [6.45, 7) is 3.31. The van der Waals surface area contributed by atoms with Crippen molar-refractivity contribution in [2.24, 2.45) is 0 Å². The van der Waals surface area contributed by atoms with Crippen molar-refractivity contribution >= 4 is 17.4 Å². The number of benzene rings is 1. The molecule has 1 aromatic carbocycles. The maximum atomic E-state index is 12.2. The van der Waals surface area contributed by atoms with Crippen molar-refractivity contribution in [3.8, 4) is 0 Å². The lowest BCUT2D eigenvalue weighted by atomic mass is 10.2. The number of aromatic nitrogens is 3. The van der Waals surface area contributed by atoms with Gasteiger partial charge in [0.1, 0.15) is 6.33 Å². The van der Waals surface area contributed by atoms with Crippen LogP contribution in [-0.4, -0.2) is 34.4 Å². The summed E-state index contributed by atoms with van der Waals surface area (Å²) in [5.41, 5.74) is 1.78. The average molecular weight is 314 g/mol. The molecular formula is C16H22N6O. The zero-order chi connectivity index (χ0) is 16.2. The zero-order valence-electron chi connectivity index (χ0n) is 13.5. The van der Waals surface area contributed by atoms with Crippen LogP contribution in [0.3, 0.4) is 0 Å². The zero-order valence-corrected chi connectivity index (χ0v) is 13.5. The number of carbonyl (C=O) groups is 1. The van der Waals surface area contributed by atoms with Gasteiger partial charge < -0.3 is 20.1 Å². The van der Waals surface area contributed by atoms with Gasteiger partial charge in [-0.25, -0.2) is 4.79 Å². The highest BCUT2D eigenvalue weighted by atomic mass is 16.2. The van der Waals surface area contributed by atoms with Crippen molar-refractivity contribution in [2.75, 3.05) is 23.8 Å². The first-order chi connectivity index (χ1) is 11.2. The maximum absolute atomic E-state index is 12.2. The molecule has 7 heteroatoms. The van der Waals surface area contributed by atoms with Gasteiger partial charge in [-0.3, -0.25) is 0 Å². The van der Waals surface area contributed by atoms with Crippen LogP contribution in [-0.2, 0) is 6.54 Å². The van der Waals surface area contributed by atoms with E-state index in [0.717, 1.165) is 36.6 Å². The van der Waals surface area contributed by atoms with Crippen molar-refractivity contribution in [1.82, 2.24) is 20.1 Å². The molecule has 0 aliphatic heterocycles. The Kier molecular flexibility index (Phi) is 4.45. The Bertz CT molecular complexity index is 679. The van der Waals surface area contributed by atoms with E-state index in [1.54, 1.807) is 6.33 Å². The molecule has 23 heavy (non-hydrogen) atoms. The minimum absolute atomic E-state index is 0.243. The number of anilines is 2. The third-order valence-corrected chi connectivity index (χ3v) is 4.03. The van der Waals surface area contributed by atoms with Crippen LogP contribution in [0, 0.1) is 0 Å². The molecule has 122 valence electrons. The van der Waals surface area contributed by atoms with E-state index >= 15 is 0 Å². The molecule has 2 amide bonds. The molecule has 1 aliphatic carbocycles. The first-order valence-electron chi connectivity index (χ1n) is 7.92. The number of hydrogen-bond acceptors (Lipinski definition) is 4. The van der Waals surface area contributed by atoms with Crippen molar-refractivity contribution in [1.29, 1.82) is 0 Å². The van der Waals surface area contributed by atoms with Gasteiger partial charge in [0.15, 0.2) is 5.82 Å². The van der Waals surface area contributed by atoms with Crippen LogP contribution in [0.25, 0.3) is 0 Å². The molecule has 7 nitrogen and oxygen atoms in total. The lowest BCUT2D eigenvalue weighted by Gasteiger charge is -2.20. The summed E-state index contributed by atoms with van der Waals surface area (Å²) in [7, 11) is 2.00. The van der Waals surface area contributed by atoms with Gasteiger partial charge in [-0.15, -0.1) is 10.2 Å². The van der Waals surface area contributed by atoms with Gasteiger partial charge in [0, 0.05) is 19.6 Å². The number of nitrogens with zero attached hydrogens (tertiary/aromatic N) is 4. The largest absolute Gasteiger partial charge is 0.373 e. The molecule has 0 spiro atoms. The average Bonchev–Trinajstić information content (AvgIpc) is 3.31. The van der Waals surface area contributed by atoms with Crippen molar-refractivity contribution in [2.45, 2.75) is 32.4 Å². The van der Waals surface area contributed by atoms with Gasteiger partial charge in [-0.05, 0) is 31.9 Å². The van der Waals surface area contributed by atoms with E-state index in [0.29, 0.717) is 12.6 Å². The summed E-state index contributed by atoms with van der Waals surface area (Å²) in [4.78, 5) is 14.3. The van der Waals surface area contributed by atoms with Crippen LogP contribution in [0.5, 0.6) is 0 Å². The fourth-order valence-electron chi connectivity index (χ4n) is 2.46. The van der Waals surface area contributed by atoms with Crippen LogP contribution in [0.4, 0.5) is 16.2 Å². The second kappa shape index (κ2) is 6.68. The second-order valence-electron chi connectivity index (χ2n) is 5.72. The highest BCUT2D eigenvalue weighted by Crippen LogP contribution is 2.35. The Labute approximate surface area is 135 Å². The Hall–Kier alpha value is -2.57. The fourth-order valence-corrected chi connectivity index (χ4v) is 2.46. The molecule has 1 aromatic heterocycles.